The summed E-state index contributed by atoms with van der Waals surface area (Å²) in [7, 11) is 1.40. The van der Waals surface area contributed by atoms with E-state index in [-0.39, 0.29) is 11.9 Å². The van der Waals surface area contributed by atoms with Crippen molar-refractivity contribution in [1.29, 1.82) is 0 Å². The van der Waals surface area contributed by atoms with Crippen LogP contribution in [-0.4, -0.2) is 25.6 Å². The summed E-state index contributed by atoms with van der Waals surface area (Å²) in [6.45, 7) is 2.08. The van der Waals surface area contributed by atoms with E-state index < -0.39 is 0 Å². The fourth-order valence-corrected chi connectivity index (χ4v) is 1.68. The average molecular weight is 279 g/mol. The van der Waals surface area contributed by atoms with Crippen LogP contribution in [0.4, 0.5) is 5.69 Å². The number of methoxy groups -OCH3 is 1. The van der Waals surface area contributed by atoms with Gasteiger partial charge in [-0.25, -0.2) is 0 Å². The van der Waals surface area contributed by atoms with Crippen LogP contribution in [0.5, 0.6) is 5.75 Å². The second-order valence-corrected chi connectivity index (χ2v) is 4.44. The van der Waals surface area contributed by atoms with E-state index in [9.17, 15) is 9.59 Å². The van der Waals surface area contributed by atoms with Crippen molar-refractivity contribution in [2.75, 3.05) is 19.0 Å². The van der Waals surface area contributed by atoms with Gasteiger partial charge in [-0.2, -0.15) is 0 Å². The second-order valence-electron chi connectivity index (χ2n) is 4.44. The molecule has 1 aromatic rings. The SMILES string of the molecule is COC(=O)CCCCCOc1ccc(NC(C)=O)cc1. The quantitative estimate of drug-likeness (QED) is 0.587. The van der Waals surface area contributed by atoms with Crippen molar-refractivity contribution < 1.29 is 19.1 Å². The Balaban J connectivity index is 2.16. The first-order valence-corrected chi connectivity index (χ1v) is 6.69. The van der Waals surface area contributed by atoms with Crippen LogP contribution in [0.3, 0.4) is 0 Å². The van der Waals surface area contributed by atoms with Gasteiger partial charge in [0.25, 0.3) is 0 Å². The van der Waals surface area contributed by atoms with E-state index >= 15 is 0 Å². The standard InChI is InChI=1S/C15H21NO4/c1-12(17)16-13-7-9-14(10-8-13)20-11-5-3-4-6-15(18)19-2/h7-10H,3-6,11H2,1-2H3,(H,16,17). The molecule has 5 heteroatoms. The number of esters is 1. The first-order valence-electron chi connectivity index (χ1n) is 6.69. The van der Waals surface area contributed by atoms with Crippen molar-refractivity contribution >= 4 is 17.6 Å². The van der Waals surface area contributed by atoms with E-state index in [1.165, 1.54) is 14.0 Å². The highest BCUT2D eigenvalue weighted by Crippen LogP contribution is 2.16. The van der Waals surface area contributed by atoms with Crippen LogP contribution in [-0.2, 0) is 14.3 Å². The highest BCUT2D eigenvalue weighted by Gasteiger charge is 2.00. The number of unbranched alkanes of at least 4 members (excludes halogenated alkanes) is 2. The minimum absolute atomic E-state index is 0.0933. The number of rotatable bonds is 8. The maximum Gasteiger partial charge on any atom is 0.305 e. The molecule has 0 unspecified atom stereocenters. The molecule has 1 amide bonds. The average Bonchev–Trinajstić information content (AvgIpc) is 2.43. The molecule has 1 rings (SSSR count). The third-order valence-electron chi connectivity index (χ3n) is 2.70. The molecule has 110 valence electrons. The zero-order valence-electron chi connectivity index (χ0n) is 12.0. The van der Waals surface area contributed by atoms with Crippen molar-refractivity contribution in [2.24, 2.45) is 0 Å². The molecule has 0 fully saturated rings. The van der Waals surface area contributed by atoms with Gasteiger partial charge in [-0.1, -0.05) is 0 Å². The molecule has 0 aliphatic heterocycles. The van der Waals surface area contributed by atoms with Gasteiger partial charge < -0.3 is 14.8 Å². The topological polar surface area (TPSA) is 64.6 Å². The normalized spacial score (nSPS) is 9.90. The predicted molar refractivity (Wildman–Crippen MR) is 76.7 cm³/mol. The summed E-state index contributed by atoms with van der Waals surface area (Å²) in [5, 5.41) is 2.69. The Bertz CT molecular complexity index is 428. The lowest BCUT2D eigenvalue weighted by Crippen LogP contribution is -2.05. The molecule has 0 bridgehead atoms. The summed E-state index contributed by atoms with van der Waals surface area (Å²) in [5.74, 6) is 0.510. The molecule has 20 heavy (non-hydrogen) atoms. The molecule has 1 aromatic carbocycles. The molecule has 0 aliphatic carbocycles. The van der Waals surface area contributed by atoms with E-state index in [1.807, 2.05) is 12.1 Å². The molecule has 0 aliphatic rings. The van der Waals surface area contributed by atoms with Crippen LogP contribution < -0.4 is 10.1 Å². The van der Waals surface area contributed by atoms with E-state index in [2.05, 4.69) is 10.1 Å². The molecule has 1 N–H and O–H groups in total. The maximum atomic E-state index is 10.9. The van der Waals surface area contributed by atoms with E-state index in [0.29, 0.717) is 13.0 Å². The van der Waals surface area contributed by atoms with Gasteiger partial charge in [0, 0.05) is 19.0 Å². The van der Waals surface area contributed by atoms with E-state index in [0.717, 1.165) is 30.7 Å². The minimum Gasteiger partial charge on any atom is -0.494 e. The van der Waals surface area contributed by atoms with Crippen molar-refractivity contribution in [3.8, 4) is 5.75 Å². The molecule has 0 atom stereocenters. The maximum absolute atomic E-state index is 10.9. The van der Waals surface area contributed by atoms with E-state index in [1.54, 1.807) is 12.1 Å². The first-order chi connectivity index (χ1) is 9.61. The second kappa shape index (κ2) is 8.96. The molecular formula is C15H21NO4. The molecule has 5 nitrogen and oxygen atoms in total. The lowest BCUT2D eigenvalue weighted by Gasteiger charge is -2.07. The third-order valence-corrected chi connectivity index (χ3v) is 2.70. The summed E-state index contributed by atoms with van der Waals surface area (Å²) >= 11 is 0. The van der Waals surface area contributed by atoms with Crippen LogP contribution in [0.25, 0.3) is 0 Å². The van der Waals surface area contributed by atoms with Crippen LogP contribution in [0.2, 0.25) is 0 Å². The Kier molecular flexibility index (Phi) is 7.17. The summed E-state index contributed by atoms with van der Waals surface area (Å²) in [5.41, 5.74) is 0.753. The number of nitrogens with one attached hydrogen (secondary N) is 1. The Morgan fingerprint density at radius 2 is 1.80 bits per heavy atom. The smallest absolute Gasteiger partial charge is 0.305 e. The molecule has 0 saturated carbocycles. The Hall–Kier alpha value is -2.04. The number of carbonyl (C=O) groups excluding carboxylic acids is 2. The Morgan fingerprint density at radius 1 is 1.10 bits per heavy atom. The first kappa shape index (κ1) is 16.0. The summed E-state index contributed by atoms with van der Waals surface area (Å²) < 4.78 is 10.1. The molecule has 0 spiro atoms. The van der Waals surface area contributed by atoms with Crippen LogP contribution >= 0.6 is 0 Å². The number of hydrogen-bond acceptors (Lipinski definition) is 4. The molecule has 0 radical (unpaired) electrons. The van der Waals surface area contributed by atoms with Gasteiger partial charge in [0.05, 0.1) is 13.7 Å². The summed E-state index contributed by atoms with van der Waals surface area (Å²) in [4.78, 5) is 21.8. The highest BCUT2D eigenvalue weighted by molar-refractivity contribution is 5.88. The Morgan fingerprint density at radius 3 is 2.40 bits per heavy atom. The van der Waals surface area contributed by atoms with Crippen molar-refractivity contribution in [3.63, 3.8) is 0 Å². The van der Waals surface area contributed by atoms with Gasteiger partial charge in [-0.3, -0.25) is 9.59 Å². The number of anilines is 1. The largest absolute Gasteiger partial charge is 0.494 e. The summed E-state index contributed by atoms with van der Waals surface area (Å²) in [6.07, 6.45) is 3.10. The molecule has 0 saturated heterocycles. The zero-order valence-corrected chi connectivity index (χ0v) is 12.0. The fraction of sp³-hybridized carbons (Fsp3) is 0.467. The van der Waals surface area contributed by atoms with Gasteiger partial charge in [0.1, 0.15) is 5.75 Å². The summed E-state index contributed by atoms with van der Waals surface area (Å²) in [6, 6.07) is 7.24. The van der Waals surface area contributed by atoms with Crippen molar-refractivity contribution in [1.82, 2.24) is 0 Å². The highest BCUT2D eigenvalue weighted by atomic mass is 16.5. The van der Waals surface area contributed by atoms with E-state index in [4.69, 9.17) is 4.74 Å². The number of hydrogen-bond donors (Lipinski definition) is 1. The lowest BCUT2D eigenvalue weighted by molar-refractivity contribution is -0.140. The van der Waals surface area contributed by atoms with Crippen LogP contribution in [0, 0.1) is 0 Å². The van der Waals surface area contributed by atoms with Gasteiger partial charge in [-0.05, 0) is 43.5 Å². The van der Waals surface area contributed by atoms with Gasteiger partial charge in [-0.15, -0.1) is 0 Å². The zero-order chi connectivity index (χ0) is 14.8. The monoisotopic (exact) mass is 279 g/mol. The number of carbonyl (C=O) groups is 2. The molecular weight excluding hydrogens is 258 g/mol. The third kappa shape index (κ3) is 6.78. The molecule has 0 aromatic heterocycles. The number of amides is 1. The van der Waals surface area contributed by atoms with Crippen LogP contribution in [0.15, 0.2) is 24.3 Å². The van der Waals surface area contributed by atoms with Gasteiger partial charge in [0.15, 0.2) is 0 Å². The lowest BCUT2D eigenvalue weighted by atomic mass is 10.2. The minimum atomic E-state index is -0.167. The molecule has 0 heterocycles. The number of benzene rings is 1. The van der Waals surface area contributed by atoms with Gasteiger partial charge in [0.2, 0.25) is 5.91 Å². The van der Waals surface area contributed by atoms with Gasteiger partial charge >= 0.3 is 5.97 Å². The van der Waals surface area contributed by atoms with Crippen LogP contribution in [0.1, 0.15) is 32.6 Å². The fourth-order valence-electron chi connectivity index (χ4n) is 1.68. The van der Waals surface area contributed by atoms with Crippen molar-refractivity contribution in [2.45, 2.75) is 32.6 Å². The Labute approximate surface area is 119 Å². The predicted octanol–water partition coefficient (Wildman–Crippen LogP) is 2.76. The number of ether oxygens (including phenoxy) is 2. The van der Waals surface area contributed by atoms with Crippen molar-refractivity contribution in [3.05, 3.63) is 24.3 Å².